The van der Waals surface area contributed by atoms with Crippen molar-refractivity contribution in [2.75, 3.05) is 16.8 Å². The summed E-state index contributed by atoms with van der Waals surface area (Å²) < 4.78 is 0. The first kappa shape index (κ1) is 18.2. The number of carbonyl (C=O) groups excluding carboxylic acids is 2. The highest BCUT2D eigenvalue weighted by Gasteiger charge is 2.25. The van der Waals surface area contributed by atoms with Gasteiger partial charge in [0.25, 0.3) is 5.91 Å². The molecule has 0 saturated heterocycles. The van der Waals surface area contributed by atoms with Gasteiger partial charge in [0.1, 0.15) is 0 Å². The van der Waals surface area contributed by atoms with E-state index >= 15 is 0 Å². The normalized spacial score (nSPS) is 13.9. The SMILES string of the molecule is Cc1ccc2c(c1)CCCN2C(=O)c1cccc(NC(=O)C(C)(C)C)c1. The largest absolute Gasteiger partial charge is 0.326 e. The van der Waals surface area contributed by atoms with Gasteiger partial charge in [0.05, 0.1) is 0 Å². The van der Waals surface area contributed by atoms with E-state index in [1.165, 1.54) is 11.1 Å². The molecule has 1 aliphatic rings. The number of nitrogens with zero attached hydrogens (tertiary/aromatic N) is 1. The zero-order valence-corrected chi connectivity index (χ0v) is 15.9. The van der Waals surface area contributed by atoms with Gasteiger partial charge in [-0.05, 0) is 49.6 Å². The van der Waals surface area contributed by atoms with Gasteiger partial charge in [0, 0.05) is 28.9 Å². The predicted octanol–water partition coefficient (Wildman–Crippen LogP) is 4.57. The van der Waals surface area contributed by atoms with Crippen molar-refractivity contribution in [3.8, 4) is 0 Å². The van der Waals surface area contributed by atoms with E-state index < -0.39 is 5.41 Å². The van der Waals surface area contributed by atoms with Gasteiger partial charge in [-0.15, -0.1) is 0 Å². The number of aryl methyl sites for hydroxylation is 2. The first-order valence-electron chi connectivity index (χ1n) is 9.08. The Kier molecular flexibility index (Phi) is 4.86. The van der Waals surface area contributed by atoms with E-state index in [2.05, 4.69) is 18.3 Å². The molecular weight excluding hydrogens is 324 g/mol. The molecule has 0 atom stereocenters. The first-order valence-corrected chi connectivity index (χ1v) is 9.08. The molecule has 0 bridgehead atoms. The third-order valence-electron chi connectivity index (χ3n) is 4.65. The van der Waals surface area contributed by atoms with Crippen LogP contribution in [0.5, 0.6) is 0 Å². The molecule has 4 nitrogen and oxygen atoms in total. The summed E-state index contributed by atoms with van der Waals surface area (Å²) >= 11 is 0. The number of rotatable bonds is 2. The van der Waals surface area contributed by atoms with Crippen LogP contribution >= 0.6 is 0 Å². The highest BCUT2D eigenvalue weighted by Crippen LogP contribution is 2.29. The minimum Gasteiger partial charge on any atom is -0.326 e. The number of benzene rings is 2. The van der Waals surface area contributed by atoms with Gasteiger partial charge in [-0.1, -0.05) is 44.5 Å². The topological polar surface area (TPSA) is 49.4 Å². The second kappa shape index (κ2) is 6.94. The van der Waals surface area contributed by atoms with Gasteiger partial charge in [-0.2, -0.15) is 0 Å². The number of nitrogens with one attached hydrogen (secondary N) is 1. The third kappa shape index (κ3) is 3.79. The Morgan fingerprint density at radius 3 is 2.58 bits per heavy atom. The van der Waals surface area contributed by atoms with Gasteiger partial charge in [0.2, 0.25) is 5.91 Å². The number of anilines is 2. The molecule has 0 fully saturated rings. The van der Waals surface area contributed by atoms with Crippen molar-refractivity contribution in [1.82, 2.24) is 0 Å². The van der Waals surface area contributed by atoms with Crippen molar-refractivity contribution in [1.29, 1.82) is 0 Å². The fraction of sp³-hybridized carbons (Fsp3) is 0.364. The minimum absolute atomic E-state index is 0.0262. The quantitative estimate of drug-likeness (QED) is 0.862. The number of fused-ring (bicyclic) bond motifs is 1. The Hall–Kier alpha value is -2.62. The summed E-state index contributed by atoms with van der Waals surface area (Å²) in [5, 5.41) is 2.90. The number of hydrogen-bond acceptors (Lipinski definition) is 2. The van der Waals surface area contributed by atoms with E-state index in [0.29, 0.717) is 17.8 Å². The van der Waals surface area contributed by atoms with Crippen LogP contribution in [0, 0.1) is 12.3 Å². The van der Waals surface area contributed by atoms with Crippen LogP contribution in [-0.2, 0) is 11.2 Å². The van der Waals surface area contributed by atoms with E-state index in [1.807, 2.05) is 49.9 Å². The molecule has 0 unspecified atom stereocenters. The van der Waals surface area contributed by atoms with Crippen molar-refractivity contribution < 1.29 is 9.59 Å². The second-order valence-electron chi connectivity index (χ2n) is 7.98. The second-order valence-corrected chi connectivity index (χ2v) is 7.98. The van der Waals surface area contributed by atoms with Crippen LogP contribution in [0.25, 0.3) is 0 Å². The summed E-state index contributed by atoms with van der Waals surface area (Å²) in [6, 6.07) is 13.4. The van der Waals surface area contributed by atoms with Gasteiger partial charge in [-0.3, -0.25) is 9.59 Å². The Balaban J connectivity index is 1.86. The molecule has 0 spiro atoms. The Morgan fingerprint density at radius 1 is 1.08 bits per heavy atom. The van der Waals surface area contributed by atoms with Crippen molar-refractivity contribution >= 4 is 23.2 Å². The van der Waals surface area contributed by atoms with E-state index in [9.17, 15) is 9.59 Å². The lowest BCUT2D eigenvalue weighted by molar-refractivity contribution is -0.123. The fourth-order valence-electron chi connectivity index (χ4n) is 3.14. The molecule has 0 aliphatic carbocycles. The molecule has 4 heteroatoms. The lowest BCUT2D eigenvalue weighted by Gasteiger charge is -2.30. The van der Waals surface area contributed by atoms with Gasteiger partial charge >= 0.3 is 0 Å². The number of carbonyl (C=O) groups is 2. The monoisotopic (exact) mass is 350 g/mol. The zero-order valence-electron chi connectivity index (χ0n) is 15.9. The number of amides is 2. The average Bonchev–Trinajstić information content (AvgIpc) is 2.59. The number of hydrogen-bond donors (Lipinski definition) is 1. The molecule has 0 saturated carbocycles. The molecule has 1 aliphatic heterocycles. The Morgan fingerprint density at radius 2 is 1.85 bits per heavy atom. The molecule has 2 aromatic rings. The minimum atomic E-state index is -0.482. The van der Waals surface area contributed by atoms with Crippen molar-refractivity contribution in [2.24, 2.45) is 5.41 Å². The van der Waals surface area contributed by atoms with E-state index in [0.717, 1.165) is 18.5 Å². The van der Waals surface area contributed by atoms with Crippen LogP contribution in [0.15, 0.2) is 42.5 Å². The summed E-state index contributed by atoms with van der Waals surface area (Å²) in [6.45, 7) is 8.38. The van der Waals surface area contributed by atoms with Gasteiger partial charge in [0.15, 0.2) is 0 Å². The standard InChI is InChI=1S/C22H26N2O2/c1-15-10-11-19-16(13-15)8-6-12-24(19)20(25)17-7-5-9-18(14-17)23-21(26)22(2,3)4/h5,7,9-11,13-14H,6,8,12H2,1-4H3,(H,23,26). The zero-order chi connectivity index (χ0) is 18.9. The average molecular weight is 350 g/mol. The fourth-order valence-corrected chi connectivity index (χ4v) is 3.14. The third-order valence-corrected chi connectivity index (χ3v) is 4.65. The van der Waals surface area contributed by atoms with Crippen LogP contribution in [0.4, 0.5) is 11.4 Å². The Bertz CT molecular complexity index is 849. The first-order chi connectivity index (χ1) is 12.3. The molecule has 0 aromatic heterocycles. The van der Waals surface area contributed by atoms with Crippen LogP contribution in [-0.4, -0.2) is 18.4 Å². The van der Waals surface area contributed by atoms with Crippen LogP contribution < -0.4 is 10.2 Å². The molecule has 136 valence electrons. The van der Waals surface area contributed by atoms with Crippen LogP contribution in [0.1, 0.15) is 48.7 Å². The molecular formula is C22H26N2O2. The maximum atomic E-state index is 13.1. The summed E-state index contributed by atoms with van der Waals surface area (Å²) in [6.07, 6.45) is 1.96. The van der Waals surface area contributed by atoms with E-state index in [-0.39, 0.29) is 11.8 Å². The Labute approximate surface area is 155 Å². The summed E-state index contributed by atoms with van der Waals surface area (Å²) in [4.78, 5) is 27.2. The van der Waals surface area contributed by atoms with Crippen LogP contribution in [0.2, 0.25) is 0 Å². The van der Waals surface area contributed by atoms with Gasteiger partial charge in [-0.25, -0.2) is 0 Å². The molecule has 26 heavy (non-hydrogen) atoms. The summed E-state index contributed by atoms with van der Waals surface area (Å²) in [5.41, 5.74) is 4.19. The van der Waals surface area contributed by atoms with Gasteiger partial charge < -0.3 is 10.2 Å². The highest BCUT2D eigenvalue weighted by atomic mass is 16.2. The molecule has 1 N–H and O–H groups in total. The van der Waals surface area contributed by atoms with E-state index in [1.54, 1.807) is 12.1 Å². The molecule has 0 radical (unpaired) electrons. The van der Waals surface area contributed by atoms with Crippen molar-refractivity contribution in [3.05, 3.63) is 59.2 Å². The molecule has 3 rings (SSSR count). The maximum absolute atomic E-state index is 13.1. The van der Waals surface area contributed by atoms with E-state index in [4.69, 9.17) is 0 Å². The maximum Gasteiger partial charge on any atom is 0.258 e. The lowest BCUT2D eigenvalue weighted by atomic mass is 9.95. The predicted molar refractivity (Wildman–Crippen MR) is 106 cm³/mol. The summed E-state index contributed by atoms with van der Waals surface area (Å²) in [7, 11) is 0. The van der Waals surface area contributed by atoms with Crippen molar-refractivity contribution in [2.45, 2.75) is 40.5 Å². The highest BCUT2D eigenvalue weighted by molar-refractivity contribution is 6.07. The molecule has 2 amide bonds. The lowest BCUT2D eigenvalue weighted by Crippen LogP contribution is -2.35. The summed E-state index contributed by atoms with van der Waals surface area (Å²) in [5.74, 6) is -0.0949. The van der Waals surface area contributed by atoms with Crippen LogP contribution in [0.3, 0.4) is 0 Å². The molecule has 1 heterocycles. The van der Waals surface area contributed by atoms with Crippen molar-refractivity contribution in [3.63, 3.8) is 0 Å². The smallest absolute Gasteiger partial charge is 0.258 e. The molecule has 2 aromatic carbocycles.